The summed E-state index contributed by atoms with van der Waals surface area (Å²) in [6.07, 6.45) is 3.96. The maximum Gasteiger partial charge on any atom is 0.0207 e. The number of nitrogens with one attached hydrogen (secondary N) is 1. The Morgan fingerprint density at radius 3 is 2.24 bits per heavy atom. The summed E-state index contributed by atoms with van der Waals surface area (Å²) in [4.78, 5) is 0. The van der Waals surface area contributed by atoms with Crippen molar-refractivity contribution in [2.24, 2.45) is 5.92 Å². The average Bonchev–Trinajstić information content (AvgIpc) is 2.28. The van der Waals surface area contributed by atoms with E-state index in [4.69, 9.17) is 0 Å². The van der Waals surface area contributed by atoms with Crippen LogP contribution in [0.3, 0.4) is 0 Å². The second kappa shape index (κ2) is 7.50. The zero-order valence-electron chi connectivity index (χ0n) is 11.8. The van der Waals surface area contributed by atoms with Crippen molar-refractivity contribution in [1.29, 1.82) is 0 Å². The van der Waals surface area contributed by atoms with E-state index in [1.165, 1.54) is 30.4 Å². The van der Waals surface area contributed by atoms with Gasteiger partial charge < -0.3 is 5.32 Å². The first-order valence-corrected chi connectivity index (χ1v) is 6.87. The van der Waals surface area contributed by atoms with Crippen LogP contribution >= 0.6 is 0 Å². The Labute approximate surface area is 107 Å². The number of hydrogen-bond donors (Lipinski definition) is 1. The second-order valence-electron chi connectivity index (χ2n) is 5.59. The molecule has 96 valence electrons. The minimum atomic E-state index is 0.620. The molecule has 17 heavy (non-hydrogen) atoms. The molecule has 0 saturated carbocycles. The van der Waals surface area contributed by atoms with Gasteiger partial charge in [0.25, 0.3) is 0 Å². The van der Waals surface area contributed by atoms with Crippen molar-refractivity contribution in [2.75, 3.05) is 0 Å². The molecule has 1 nitrogen and oxygen atoms in total. The van der Waals surface area contributed by atoms with Gasteiger partial charge in [-0.15, -0.1) is 0 Å². The molecule has 0 bridgehead atoms. The molecular weight excluding hydrogens is 206 g/mol. The first-order chi connectivity index (χ1) is 8.08. The molecule has 0 spiro atoms. The van der Waals surface area contributed by atoms with Gasteiger partial charge in [0, 0.05) is 12.6 Å². The van der Waals surface area contributed by atoms with Gasteiger partial charge in [0.05, 0.1) is 0 Å². The van der Waals surface area contributed by atoms with E-state index in [0.717, 1.165) is 12.5 Å². The van der Waals surface area contributed by atoms with Gasteiger partial charge in [-0.1, -0.05) is 56.5 Å². The molecule has 0 heterocycles. The average molecular weight is 233 g/mol. The van der Waals surface area contributed by atoms with Crippen molar-refractivity contribution in [2.45, 2.75) is 59.5 Å². The summed E-state index contributed by atoms with van der Waals surface area (Å²) in [5, 5.41) is 3.59. The summed E-state index contributed by atoms with van der Waals surface area (Å²) >= 11 is 0. The van der Waals surface area contributed by atoms with Crippen molar-refractivity contribution < 1.29 is 0 Å². The van der Waals surface area contributed by atoms with Gasteiger partial charge in [0.2, 0.25) is 0 Å². The molecule has 1 atom stereocenters. The topological polar surface area (TPSA) is 12.0 Å². The molecule has 1 rings (SSSR count). The van der Waals surface area contributed by atoms with E-state index in [1.54, 1.807) is 0 Å². The van der Waals surface area contributed by atoms with Crippen LogP contribution in [-0.2, 0) is 6.54 Å². The molecule has 0 fully saturated rings. The lowest BCUT2D eigenvalue weighted by molar-refractivity contribution is 0.457. The third-order valence-electron chi connectivity index (χ3n) is 3.19. The molecule has 1 heteroatoms. The van der Waals surface area contributed by atoms with Gasteiger partial charge in [-0.05, 0) is 31.7 Å². The Bertz CT molecular complexity index is 300. The Hall–Kier alpha value is -0.820. The molecule has 0 saturated heterocycles. The van der Waals surface area contributed by atoms with Gasteiger partial charge in [0.15, 0.2) is 0 Å². The summed E-state index contributed by atoms with van der Waals surface area (Å²) in [7, 11) is 0. The fraction of sp³-hybridized carbons (Fsp3) is 0.625. The lowest BCUT2D eigenvalue weighted by atomic mass is 10.0. The second-order valence-corrected chi connectivity index (χ2v) is 5.59. The zero-order valence-corrected chi connectivity index (χ0v) is 11.8. The SMILES string of the molecule is Cc1ccc(CNC(C)CCCC(C)C)cc1. The van der Waals surface area contributed by atoms with Crippen LogP contribution in [0.25, 0.3) is 0 Å². The predicted octanol–water partition coefficient (Wildman–Crippen LogP) is 4.30. The number of hydrogen-bond acceptors (Lipinski definition) is 1. The Morgan fingerprint density at radius 2 is 1.65 bits per heavy atom. The van der Waals surface area contributed by atoms with Crippen molar-refractivity contribution in [3.8, 4) is 0 Å². The lowest BCUT2D eigenvalue weighted by Crippen LogP contribution is -2.25. The maximum atomic E-state index is 3.59. The molecular formula is C16H27N. The van der Waals surface area contributed by atoms with E-state index in [-0.39, 0.29) is 0 Å². The van der Waals surface area contributed by atoms with Crippen LogP contribution in [0.4, 0.5) is 0 Å². The molecule has 0 amide bonds. The van der Waals surface area contributed by atoms with Gasteiger partial charge in [-0.25, -0.2) is 0 Å². The highest BCUT2D eigenvalue weighted by Crippen LogP contribution is 2.09. The summed E-state index contributed by atoms with van der Waals surface area (Å²) in [6.45, 7) is 10.00. The molecule has 0 aromatic heterocycles. The summed E-state index contributed by atoms with van der Waals surface area (Å²) in [6, 6.07) is 9.41. The van der Waals surface area contributed by atoms with Crippen molar-refractivity contribution in [3.05, 3.63) is 35.4 Å². The van der Waals surface area contributed by atoms with Crippen LogP contribution in [0, 0.1) is 12.8 Å². The van der Waals surface area contributed by atoms with Crippen LogP contribution in [0.1, 0.15) is 51.2 Å². The standard InChI is InChI=1S/C16H27N/c1-13(2)6-5-7-15(4)17-12-16-10-8-14(3)9-11-16/h8-11,13,15,17H,5-7,12H2,1-4H3. The number of rotatable bonds is 7. The lowest BCUT2D eigenvalue weighted by Gasteiger charge is -2.14. The molecule has 1 aromatic rings. The first kappa shape index (κ1) is 14.2. The van der Waals surface area contributed by atoms with Crippen LogP contribution in [0.15, 0.2) is 24.3 Å². The van der Waals surface area contributed by atoms with Crippen LogP contribution in [0.2, 0.25) is 0 Å². The molecule has 1 N–H and O–H groups in total. The minimum absolute atomic E-state index is 0.620. The van der Waals surface area contributed by atoms with E-state index in [0.29, 0.717) is 6.04 Å². The Kier molecular flexibility index (Phi) is 6.28. The molecule has 0 radical (unpaired) electrons. The van der Waals surface area contributed by atoms with Gasteiger partial charge in [-0.2, -0.15) is 0 Å². The normalized spacial score (nSPS) is 13.0. The Balaban J connectivity index is 2.19. The molecule has 1 aromatic carbocycles. The van der Waals surface area contributed by atoms with E-state index in [2.05, 4.69) is 57.3 Å². The molecule has 0 aliphatic rings. The summed E-state index contributed by atoms with van der Waals surface area (Å²) in [5.74, 6) is 0.833. The van der Waals surface area contributed by atoms with Crippen LogP contribution in [0.5, 0.6) is 0 Å². The summed E-state index contributed by atoms with van der Waals surface area (Å²) in [5.41, 5.74) is 2.71. The highest BCUT2D eigenvalue weighted by molar-refractivity contribution is 5.21. The monoisotopic (exact) mass is 233 g/mol. The first-order valence-electron chi connectivity index (χ1n) is 6.87. The van der Waals surface area contributed by atoms with Crippen LogP contribution < -0.4 is 5.32 Å². The van der Waals surface area contributed by atoms with E-state index >= 15 is 0 Å². The van der Waals surface area contributed by atoms with Gasteiger partial charge in [0.1, 0.15) is 0 Å². The van der Waals surface area contributed by atoms with Crippen molar-refractivity contribution in [3.63, 3.8) is 0 Å². The number of benzene rings is 1. The van der Waals surface area contributed by atoms with Crippen molar-refractivity contribution >= 4 is 0 Å². The molecule has 1 unspecified atom stereocenters. The molecule has 0 aliphatic carbocycles. The fourth-order valence-electron chi connectivity index (χ4n) is 1.93. The largest absolute Gasteiger partial charge is 0.310 e. The Morgan fingerprint density at radius 1 is 1.00 bits per heavy atom. The van der Waals surface area contributed by atoms with E-state index < -0.39 is 0 Å². The van der Waals surface area contributed by atoms with Crippen LogP contribution in [-0.4, -0.2) is 6.04 Å². The summed E-state index contributed by atoms with van der Waals surface area (Å²) < 4.78 is 0. The smallest absolute Gasteiger partial charge is 0.0207 e. The zero-order chi connectivity index (χ0) is 12.7. The fourth-order valence-corrected chi connectivity index (χ4v) is 1.93. The highest BCUT2D eigenvalue weighted by Gasteiger charge is 2.02. The minimum Gasteiger partial charge on any atom is -0.310 e. The predicted molar refractivity (Wildman–Crippen MR) is 76.2 cm³/mol. The van der Waals surface area contributed by atoms with Gasteiger partial charge in [-0.3, -0.25) is 0 Å². The maximum absolute atomic E-state index is 3.59. The molecule has 0 aliphatic heterocycles. The third-order valence-corrected chi connectivity index (χ3v) is 3.19. The highest BCUT2D eigenvalue weighted by atomic mass is 14.9. The number of aryl methyl sites for hydroxylation is 1. The quantitative estimate of drug-likeness (QED) is 0.740. The van der Waals surface area contributed by atoms with E-state index in [9.17, 15) is 0 Å². The van der Waals surface area contributed by atoms with Crippen molar-refractivity contribution in [1.82, 2.24) is 5.32 Å². The van der Waals surface area contributed by atoms with E-state index in [1.807, 2.05) is 0 Å². The third kappa shape index (κ3) is 6.48. The van der Waals surface area contributed by atoms with Gasteiger partial charge >= 0.3 is 0 Å².